The Kier molecular flexibility index (Phi) is 19.4. The zero-order valence-corrected chi connectivity index (χ0v) is 51.1. The third-order valence-electron chi connectivity index (χ3n) is 16.1. The predicted molar refractivity (Wildman–Crippen MR) is 330 cm³/mol. The quantitative estimate of drug-likeness (QED) is 0.0288. The van der Waals surface area contributed by atoms with E-state index in [2.05, 4.69) is 55.7 Å². The molecule has 2 amide bonds. The average molecular weight is 1180 g/mol. The molecule has 0 aliphatic carbocycles. The van der Waals surface area contributed by atoms with Gasteiger partial charge in [0.1, 0.15) is 29.4 Å². The molecule has 3 aliphatic rings. The molecule has 2 saturated heterocycles. The number of amides is 2. The first kappa shape index (κ1) is 60.9. The number of nitrogens with zero attached hydrogens (tertiary/aromatic N) is 9. The molecule has 0 spiro atoms. The summed E-state index contributed by atoms with van der Waals surface area (Å²) < 4.78 is 63.4. The molecule has 85 heavy (non-hydrogen) atoms. The molecule has 452 valence electrons. The van der Waals surface area contributed by atoms with Gasteiger partial charge in [0.2, 0.25) is 0 Å². The van der Waals surface area contributed by atoms with Crippen molar-refractivity contribution in [3.63, 3.8) is 0 Å². The van der Waals surface area contributed by atoms with Crippen molar-refractivity contribution in [3.8, 4) is 22.6 Å². The minimum atomic E-state index is -3.47. The summed E-state index contributed by atoms with van der Waals surface area (Å²) in [6, 6.07) is 35.5. The lowest BCUT2D eigenvalue weighted by atomic mass is 9.98. The summed E-state index contributed by atoms with van der Waals surface area (Å²) in [5, 5.41) is 8.13. The van der Waals surface area contributed by atoms with Crippen molar-refractivity contribution in [1.29, 1.82) is 0 Å². The van der Waals surface area contributed by atoms with Crippen molar-refractivity contribution >= 4 is 55.4 Å². The fraction of sp³-hybridized carbons (Fsp3) is 0.446. The molecule has 0 radical (unpaired) electrons. The highest BCUT2D eigenvalue weighted by Crippen LogP contribution is 2.40. The highest BCUT2D eigenvalue weighted by Gasteiger charge is 2.35. The number of hydrogen-bond acceptors (Lipinski definition) is 14. The molecule has 5 aromatic carbocycles. The van der Waals surface area contributed by atoms with E-state index in [4.69, 9.17) is 28.8 Å². The summed E-state index contributed by atoms with van der Waals surface area (Å²) in [6.07, 6.45) is 2.11. The highest BCUT2D eigenvalue weighted by molar-refractivity contribution is 7.86. The first-order valence-electron chi connectivity index (χ1n) is 29.7. The third kappa shape index (κ3) is 14.1. The monoisotopic (exact) mass is 1180 g/mol. The Morgan fingerprint density at radius 2 is 1.27 bits per heavy atom. The fourth-order valence-electron chi connectivity index (χ4n) is 11.8. The number of aryl methyl sites for hydroxylation is 3. The van der Waals surface area contributed by atoms with E-state index in [1.165, 1.54) is 13.5 Å². The molecule has 20 heteroatoms. The number of aromatic nitrogens is 3. The third-order valence-corrected chi connectivity index (χ3v) is 18.1. The Labute approximate surface area is 499 Å². The van der Waals surface area contributed by atoms with Gasteiger partial charge in [0.25, 0.3) is 22.0 Å². The second kappa shape index (κ2) is 27.0. The number of benzene rings is 5. The van der Waals surface area contributed by atoms with E-state index in [1.54, 1.807) is 38.4 Å². The summed E-state index contributed by atoms with van der Waals surface area (Å²) in [5.41, 5.74) is 7.17. The van der Waals surface area contributed by atoms with Gasteiger partial charge < -0.3 is 38.1 Å². The second-order valence-electron chi connectivity index (χ2n) is 23.2. The molecule has 7 aromatic rings. The van der Waals surface area contributed by atoms with Crippen molar-refractivity contribution in [1.82, 2.24) is 37.7 Å². The number of fused-ring (bicyclic) bond motifs is 3. The zero-order valence-electron chi connectivity index (χ0n) is 50.3. The Bertz CT molecular complexity index is 3560. The predicted octanol–water partition coefficient (Wildman–Crippen LogP) is 8.31. The number of para-hydroxylation sites is 1. The van der Waals surface area contributed by atoms with Gasteiger partial charge in [-0.25, -0.2) is 4.79 Å². The minimum absolute atomic E-state index is 0.204. The fourth-order valence-corrected chi connectivity index (χ4v) is 12.9. The summed E-state index contributed by atoms with van der Waals surface area (Å²) >= 11 is 0. The molecule has 0 unspecified atom stereocenters. The van der Waals surface area contributed by atoms with Gasteiger partial charge >= 0.3 is 5.97 Å². The number of ether oxygens (including phenoxy) is 5. The van der Waals surface area contributed by atoms with Crippen molar-refractivity contribution in [2.24, 2.45) is 7.05 Å². The minimum Gasteiger partial charge on any atom is -0.493 e. The molecular formula is C65H81N9O10S. The van der Waals surface area contributed by atoms with Crippen molar-refractivity contribution < 1.29 is 46.5 Å². The van der Waals surface area contributed by atoms with Gasteiger partial charge in [-0.05, 0) is 100 Å². The van der Waals surface area contributed by atoms with Crippen LogP contribution in [0.4, 0.5) is 5.69 Å². The van der Waals surface area contributed by atoms with Gasteiger partial charge in [0.15, 0.2) is 0 Å². The van der Waals surface area contributed by atoms with Gasteiger partial charge in [-0.15, -0.1) is 0 Å². The van der Waals surface area contributed by atoms with E-state index < -0.39 is 15.8 Å². The van der Waals surface area contributed by atoms with Gasteiger partial charge in [0.05, 0.1) is 61.0 Å². The van der Waals surface area contributed by atoms with Crippen LogP contribution in [0.25, 0.3) is 32.8 Å². The Morgan fingerprint density at radius 3 is 1.96 bits per heavy atom. The Morgan fingerprint density at radius 1 is 0.647 bits per heavy atom. The van der Waals surface area contributed by atoms with Gasteiger partial charge in [-0.3, -0.25) is 24.1 Å². The molecule has 0 bridgehead atoms. The number of hydrogen-bond donors (Lipinski definition) is 0. The number of imide groups is 1. The van der Waals surface area contributed by atoms with Crippen LogP contribution < -0.4 is 14.4 Å². The van der Waals surface area contributed by atoms with Crippen LogP contribution in [-0.4, -0.2) is 189 Å². The maximum Gasteiger partial charge on any atom is 0.355 e. The van der Waals surface area contributed by atoms with E-state index in [0.29, 0.717) is 101 Å². The lowest BCUT2D eigenvalue weighted by Gasteiger charge is -2.36. The number of piperazine rings is 2. The second-order valence-corrected chi connectivity index (χ2v) is 25.3. The Hall–Kier alpha value is -7.17. The van der Waals surface area contributed by atoms with Gasteiger partial charge in [-0.2, -0.15) is 22.1 Å². The summed E-state index contributed by atoms with van der Waals surface area (Å²) in [5.74, 6) is 0.597. The average Bonchev–Trinajstić information content (AvgIpc) is 2.29. The molecule has 0 saturated carbocycles. The SMILES string of the molecule is Cc1nn(C)c(COc2ccc(N3CCN(S(=O)(=O)N(C)C)CC3)cc2)c1-c1cccc2c(CCCOc3cccc4ccccc34)c(C(=O)OC(C)(C)C)n(CCN3CCN(CCCOCCOCCN4C(=O)c5ccccc5C4=O)CC3)c12. The van der Waals surface area contributed by atoms with E-state index in [-0.39, 0.29) is 37.5 Å². The highest BCUT2D eigenvalue weighted by atomic mass is 32.2. The molecule has 19 nitrogen and oxygen atoms in total. The van der Waals surface area contributed by atoms with Crippen LogP contribution >= 0.6 is 0 Å². The molecule has 2 aromatic heterocycles. The van der Waals surface area contributed by atoms with Crippen LogP contribution in [0.3, 0.4) is 0 Å². The van der Waals surface area contributed by atoms with E-state index >= 15 is 0 Å². The molecular weight excluding hydrogens is 1100 g/mol. The molecule has 0 atom stereocenters. The van der Waals surface area contributed by atoms with Crippen LogP contribution in [0.5, 0.6) is 11.5 Å². The van der Waals surface area contributed by atoms with E-state index in [0.717, 1.165) is 100 Å². The van der Waals surface area contributed by atoms with Crippen molar-refractivity contribution in [2.75, 3.05) is 124 Å². The Balaban J connectivity index is 0.825. The maximum absolute atomic E-state index is 14.9. The van der Waals surface area contributed by atoms with E-state index in [9.17, 15) is 22.8 Å². The van der Waals surface area contributed by atoms with Crippen LogP contribution in [0.2, 0.25) is 0 Å². The summed E-state index contributed by atoms with van der Waals surface area (Å²) in [6.45, 7) is 18.0. The normalized spacial score (nSPS) is 15.7. The van der Waals surface area contributed by atoms with Gasteiger partial charge in [-0.1, -0.05) is 66.7 Å². The number of carbonyl (C=O) groups excluding carboxylic acids is 3. The first-order chi connectivity index (χ1) is 41.0. The standard InChI is InChI=1S/C65H81N9O10S/c1-47-59(57(68(7)66-47)46-83-50-27-25-49(26-28-50)71-35-37-72(38-36-71)85(78,79)67(5)6)56-22-13-21-52-53(23-14-42-82-58-24-12-17-48-16-8-9-18-51(48)58)61(64(77)84-65(2,3)4)73(60(52)56)39-34-70-32-30-69(31-33-70)29-15-41-80-44-45-81-43-40-74-62(75)54-19-10-11-20-55(54)63(74)76/h8-13,16-22,24-28H,14-15,23,29-46H2,1-7H3. The van der Waals surface area contributed by atoms with Crippen molar-refractivity contribution in [3.05, 3.63) is 143 Å². The topological polar surface area (TPSA) is 174 Å². The molecule has 5 heterocycles. The molecule has 3 aliphatic heterocycles. The lowest BCUT2D eigenvalue weighted by Crippen LogP contribution is -2.51. The van der Waals surface area contributed by atoms with Gasteiger partial charge in [0, 0.05) is 127 Å². The van der Waals surface area contributed by atoms with Crippen LogP contribution in [0.15, 0.2) is 109 Å². The lowest BCUT2D eigenvalue weighted by molar-refractivity contribution is 0.00553. The van der Waals surface area contributed by atoms with Crippen LogP contribution in [0.1, 0.15) is 81.8 Å². The summed E-state index contributed by atoms with van der Waals surface area (Å²) in [7, 11) is 1.59. The smallest absolute Gasteiger partial charge is 0.355 e. The van der Waals surface area contributed by atoms with Crippen LogP contribution in [-0.2, 0) is 51.0 Å². The van der Waals surface area contributed by atoms with Crippen LogP contribution in [0, 0.1) is 6.92 Å². The zero-order chi connectivity index (χ0) is 59.8. The number of anilines is 1. The van der Waals surface area contributed by atoms with E-state index in [1.807, 2.05) is 88.0 Å². The largest absolute Gasteiger partial charge is 0.493 e. The number of rotatable bonds is 26. The molecule has 2 fully saturated rings. The first-order valence-corrected chi connectivity index (χ1v) is 31.1. The molecule has 10 rings (SSSR count). The number of carbonyl (C=O) groups is 3. The summed E-state index contributed by atoms with van der Waals surface area (Å²) in [4.78, 5) is 48.6. The number of esters is 1. The maximum atomic E-state index is 14.9. The van der Waals surface area contributed by atoms with Crippen molar-refractivity contribution in [2.45, 2.75) is 65.7 Å². The molecule has 0 N–H and O–H groups in total.